The van der Waals surface area contributed by atoms with Gasteiger partial charge in [0.2, 0.25) is 5.91 Å². The molecule has 0 saturated carbocycles. The van der Waals surface area contributed by atoms with Gasteiger partial charge in [0.25, 0.3) is 0 Å². The first-order chi connectivity index (χ1) is 6.18. The van der Waals surface area contributed by atoms with Crippen molar-refractivity contribution in [3.63, 3.8) is 0 Å². The van der Waals surface area contributed by atoms with Crippen LogP contribution in [0, 0.1) is 0 Å². The molecule has 1 heterocycles. The third kappa shape index (κ3) is 1.33. The molecule has 0 aliphatic carbocycles. The Hall–Kier alpha value is -1.29. The van der Waals surface area contributed by atoms with Gasteiger partial charge in [0, 0.05) is 10.9 Å². The molecule has 2 N–H and O–H groups in total. The number of primary amides is 1. The van der Waals surface area contributed by atoms with E-state index in [1.807, 2.05) is 0 Å². The van der Waals surface area contributed by atoms with Gasteiger partial charge in [-0.2, -0.15) is 0 Å². The van der Waals surface area contributed by atoms with E-state index in [4.69, 9.17) is 10.2 Å². The van der Waals surface area contributed by atoms with Crippen molar-refractivity contribution in [1.82, 2.24) is 0 Å². The van der Waals surface area contributed by atoms with Crippen LogP contribution < -0.4 is 5.73 Å². The first-order valence-electron chi connectivity index (χ1n) is 3.65. The number of carbonyl (C=O) groups excluding carboxylic acids is 1. The van der Waals surface area contributed by atoms with E-state index in [-0.39, 0.29) is 0 Å². The molecule has 0 atom stereocenters. The molecule has 2 aromatic rings. The van der Waals surface area contributed by atoms with Crippen LogP contribution >= 0.6 is 15.9 Å². The molecule has 1 aromatic carbocycles. The smallest absolute Gasteiger partial charge is 0.248 e. The zero-order valence-electron chi connectivity index (χ0n) is 6.58. The van der Waals surface area contributed by atoms with E-state index < -0.39 is 5.91 Å². The Kier molecular flexibility index (Phi) is 1.84. The van der Waals surface area contributed by atoms with Crippen molar-refractivity contribution >= 4 is 32.8 Å². The van der Waals surface area contributed by atoms with Gasteiger partial charge >= 0.3 is 0 Å². The number of nitrogens with two attached hydrogens (primary N) is 1. The van der Waals surface area contributed by atoms with Crippen molar-refractivity contribution in [3.05, 3.63) is 34.5 Å². The van der Waals surface area contributed by atoms with Crippen molar-refractivity contribution in [1.29, 1.82) is 0 Å². The van der Waals surface area contributed by atoms with Crippen LogP contribution in [0.1, 0.15) is 10.4 Å². The number of rotatable bonds is 1. The minimum absolute atomic E-state index is 0.441. The highest BCUT2D eigenvalue weighted by Gasteiger charge is 2.07. The topological polar surface area (TPSA) is 56.2 Å². The standard InChI is InChI=1S/C9H6BrNO2/c10-7-4-6(9(11)12)3-5-1-2-13-8(5)7/h1-4H,(H2,11,12). The Bertz CT molecular complexity index is 475. The SMILES string of the molecule is NC(=O)c1cc(Br)c2occc2c1. The van der Waals surface area contributed by atoms with Crippen LogP contribution in [0.15, 0.2) is 33.4 Å². The first-order valence-corrected chi connectivity index (χ1v) is 4.44. The van der Waals surface area contributed by atoms with Crippen molar-refractivity contribution in [3.8, 4) is 0 Å². The number of carbonyl (C=O) groups is 1. The second-order valence-electron chi connectivity index (χ2n) is 2.66. The normalized spacial score (nSPS) is 10.5. The van der Waals surface area contributed by atoms with E-state index in [2.05, 4.69) is 15.9 Å². The summed E-state index contributed by atoms with van der Waals surface area (Å²) < 4.78 is 5.92. The molecule has 3 nitrogen and oxygen atoms in total. The third-order valence-electron chi connectivity index (χ3n) is 1.79. The van der Waals surface area contributed by atoms with Gasteiger partial charge in [-0.1, -0.05) is 0 Å². The molecule has 0 aliphatic heterocycles. The summed E-state index contributed by atoms with van der Waals surface area (Å²) in [7, 11) is 0. The maximum atomic E-state index is 10.9. The molecule has 0 unspecified atom stereocenters. The Morgan fingerprint density at radius 1 is 1.46 bits per heavy atom. The van der Waals surface area contributed by atoms with Crippen LogP contribution in [0.25, 0.3) is 11.0 Å². The highest BCUT2D eigenvalue weighted by molar-refractivity contribution is 9.10. The summed E-state index contributed by atoms with van der Waals surface area (Å²) in [5, 5.41) is 0.864. The summed E-state index contributed by atoms with van der Waals surface area (Å²) in [6, 6.07) is 5.13. The number of benzene rings is 1. The second kappa shape index (κ2) is 2.88. The van der Waals surface area contributed by atoms with Gasteiger partial charge in [0.15, 0.2) is 0 Å². The lowest BCUT2D eigenvalue weighted by molar-refractivity contribution is 0.100. The van der Waals surface area contributed by atoms with Crippen LogP contribution in [-0.4, -0.2) is 5.91 Å². The molecule has 4 heteroatoms. The fraction of sp³-hybridized carbons (Fsp3) is 0. The monoisotopic (exact) mass is 239 g/mol. The highest BCUT2D eigenvalue weighted by Crippen LogP contribution is 2.26. The van der Waals surface area contributed by atoms with E-state index >= 15 is 0 Å². The number of hydrogen-bond acceptors (Lipinski definition) is 2. The quantitative estimate of drug-likeness (QED) is 0.831. The second-order valence-corrected chi connectivity index (χ2v) is 3.52. The molecule has 0 fully saturated rings. The fourth-order valence-electron chi connectivity index (χ4n) is 1.18. The number of hydrogen-bond donors (Lipinski definition) is 1. The molecule has 1 aromatic heterocycles. The fourth-order valence-corrected chi connectivity index (χ4v) is 1.75. The van der Waals surface area contributed by atoms with Gasteiger partial charge in [0.1, 0.15) is 5.58 Å². The first kappa shape index (κ1) is 8.31. The number of furan rings is 1. The minimum atomic E-state index is -0.441. The summed E-state index contributed by atoms with van der Waals surface area (Å²) in [6.45, 7) is 0. The molecule has 0 spiro atoms. The maximum Gasteiger partial charge on any atom is 0.248 e. The predicted octanol–water partition coefficient (Wildman–Crippen LogP) is 2.29. The van der Waals surface area contributed by atoms with Gasteiger partial charge in [-0.25, -0.2) is 0 Å². The molecular formula is C9H6BrNO2. The predicted molar refractivity (Wildman–Crippen MR) is 52.4 cm³/mol. The van der Waals surface area contributed by atoms with Gasteiger partial charge in [-0.05, 0) is 34.1 Å². The molecule has 0 saturated heterocycles. The summed E-state index contributed by atoms with van der Waals surface area (Å²) in [6.07, 6.45) is 1.57. The lowest BCUT2D eigenvalue weighted by atomic mass is 10.1. The average molecular weight is 240 g/mol. The Balaban J connectivity index is 2.77. The van der Waals surface area contributed by atoms with Crippen LogP contribution in [0.2, 0.25) is 0 Å². The third-order valence-corrected chi connectivity index (χ3v) is 2.38. The maximum absolute atomic E-state index is 10.9. The Morgan fingerprint density at radius 3 is 2.92 bits per heavy atom. The van der Waals surface area contributed by atoms with E-state index in [0.717, 1.165) is 15.4 Å². The molecule has 13 heavy (non-hydrogen) atoms. The lowest BCUT2D eigenvalue weighted by Crippen LogP contribution is -2.10. The molecule has 0 radical (unpaired) electrons. The van der Waals surface area contributed by atoms with E-state index in [9.17, 15) is 4.79 Å². The zero-order valence-corrected chi connectivity index (χ0v) is 8.17. The Morgan fingerprint density at radius 2 is 2.23 bits per heavy atom. The molecule has 0 bridgehead atoms. The van der Waals surface area contributed by atoms with Crippen LogP contribution in [0.5, 0.6) is 0 Å². The molecule has 66 valence electrons. The molecule has 1 amide bonds. The lowest BCUT2D eigenvalue weighted by Gasteiger charge is -1.97. The van der Waals surface area contributed by atoms with Gasteiger partial charge in [0.05, 0.1) is 10.7 Å². The highest BCUT2D eigenvalue weighted by atomic mass is 79.9. The summed E-state index contributed by atoms with van der Waals surface area (Å²) in [5.41, 5.74) is 6.35. The number of halogens is 1. The molecule has 2 rings (SSSR count). The van der Waals surface area contributed by atoms with Crippen molar-refractivity contribution < 1.29 is 9.21 Å². The summed E-state index contributed by atoms with van der Waals surface area (Å²) in [4.78, 5) is 10.9. The average Bonchev–Trinajstić information content (AvgIpc) is 2.51. The summed E-state index contributed by atoms with van der Waals surface area (Å²) in [5.74, 6) is -0.441. The number of amides is 1. The van der Waals surface area contributed by atoms with Crippen molar-refractivity contribution in [2.24, 2.45) is 5.73 Å². The van der Waals surface area contributed by atoms with Gasteiger partial charge in [-0.3, -0.25) is 4.79 Å². The molecular weight excluding hydrogens is 234 g/mol. The van der Waals surface area contributed by atoms with Crippen molar-refractivity contribution in [2.45, 2.75) is 0 Å². The van der Waals surface area contributed by atoms with Crippen LogP contribution in [0.3, 0.4) is 0 Å². The minimum Gasteiger partial charge on any atom is -0.463 e. The molecule has 0 aliphatic rings. The van der Waals surface area contributed by atoms with Gasteiger partial charge in [-0.15, -0.1) is 0 Å². The summed E-state index contributed by atoms with van der Waals surface area (Å²) >= 11 is 3.29. The largest absolute Gasteiger partial charge is 0.463 e. The van der Waals surface area contributed by atoms with Crippen LogP contribution in [0.4, 0.5) is 0 Å². The van der Waals surface area contributed by atoms with Gasteiger partial charge < -0.3 is 10.2 Å². The van der Waals surface area contributed by atoms with Crippen molar-refractivity contribution in [2.75, 3.05) is 0 Å². The van der Waals surface area contributed by atoms with E-state index in [1.54, 1.807) is 24.5 Å². The van der Waals surface area contributed by atoms with Crippen LogP contribution in [-0.2, 0) is 0 Å². The van der Waals surface area contributed by atoms with E-state index in [0.29, 0.717) is 5.56 Å². The van der Waals surface area contributed by atoms with E-state index in [1.165, 1.54) is 0 Å². The Labute approximate surface area is 82.6 Å². The number of fused-ring (bicyclic) bond motifs is 1. The zero-order chi connectivity index (χ0) is 9.42.